The Kier molecular flexibility index (Phi) is 6.05. The highest BCUT2D eigenvalue weighted by Gasteiger charge is 2.21. The van der Waals surface area contributed by atoms with Crippen LogP contribution in [-0.2, 0) is 14.4 Å². The van der Waals surface area contributed by atoms with Crippen LogP contribution in [0.5, 0.6) is 23.0 Å². The Morgan fingerprint density at radius 3 is 2.10 bits per heavy atom. The molecule has 0 saturated heterocycles. The van der Waals surface area contributed by atoms with Crippen molar-refractivity contribution >= 4 is 28.9 Å². The molecule has 0 amide bonds. The Balaban J connectivity index is 2.25. The molecule has 1 aromatic heterocycles. The molecule has 0 fully saturated rings. The number of methoxy groups -OCH3 is 1. The maximum atomic E-state index is 13.0. The predicted molar refractivity (Wildman–Crippen MR) is 108 cm³/mol. The quantitative estimate of drug-likeness (QED) is 0.447. The van der Waals surface area contributed by atoms with Crippen LogP contribution < -0.4 is 24.4 Å². The van der Waals surface area contributed by atoms with E-state index in [0.29, 0.717) is 5.56 Å². The van der Waals surface area contributed by atoms with Crippen LogP contribution in [0.2, 0.25) is 0 Å². The fourth-order valence-electron chi connectivity index (χ4n) is 2.86. The predicted octanol–water partition coefficient (Wildman–Crippen LogP) is 3.24. The van der Waals surface area contributed by atoms with Gasteiger partial charge in [0, 0.05) is 32.4 Å². The standard InChI is InChI=1S/C22H18O9/c1-11(23)28-15-6-7-16-18(10-15)31-21(22(20(16)26)30-13(3)25)14-5-8-17(29-12(2)24)19(9-14)27-4/h5-10H,1-4H3. The van der Waals surface area contributed by atoms with E-state index in [1.165, 1.54) is 57.4 Å². The molecule has 1 heterocycles. The van der Waals surface area contributed by atoms with Gasteiger partial charge in [-0.3, -0.25) is 19.2 Å². The third-order valence-electron chi connectivity index (χ3n) is 4.01. The summed E-state index contributed by atoms with van der Waals surface area (Å²) in [6.07, 6.45) is 0. The minimum atomic E-state index is -0.715. The number of fused-ring (bicyclic) bond motifs is 1. The van der Waals surface area contributed by atoms with E-state index < -0.39 is 23.3 Å². The number of hydrogen-bond donors (Lipinski definition) is 0. The van der Waals surface area contributed by atoms with E-state index in [-0.39, 0.29) is 39.7 Å². The second-order valence-corrected chi connectivity index (χ2v) is 6.39. The largest absolute Gasteiger partial charge is 0.493 e. The lowest BCUT2D eigenvalue weighted by atomic mass is 10.1. The van der Waals surface area contributed by atoms with Gasteiger partial charge in [-0.05, 0) is 30.3 Å². The lowest BCUT2D eigenvalue weighted by Crippen LogP contribution is -2.13. The molecule has 0 N–H and O–H groups in total. The number of esters is 3. The topological polar surface area (TPSA) is 118 Å². The number of carbonyl (C=O) groups excluding carboxylic acids is 3. The van der Waals surface area contributed by atoms with Gasteiger partial charge in [0.05, 0.1) is 12.5 Å². The maximum Gasteiger partial charge on any atom is 0.308 e. The zero-order valence-corrected chi connectivity index (χ0v) is 17.1. The van der Waals surface area contributed by atoms with Crippen LogP contribution in [0.15, 0.2) is 45.6 Å². The van der Waals surface area contributed by atoms with E-state index in [9.17, 15) is 19.2 Å². The average Bonchev–Trinajstić information content (AvgIpc) is 2.69. The lowest BCUT2D eigenvalue weighted by molar-refractivity contribution is -0.132. The first kappa shape index (κ1) is 21.6. The van der Waals surface area contributed by atoms with Crippen molar-refractivity contribution < 1.29 is 37.7 Å². The molecule has 0 atom stereocenters. The molecule has 0 unspecified atom stereocenters. The summed E-state index contributed by atoms with van der Waals surface area (Å²) in [7, 11) is 1.38. The normalized spacial score (nSPS) is 10.5. The molecule has 31 heavy (non-hydrogen) atoms. The van der Waals surface area contributed by atoms with Crippen molar-refractivity contribution in [3.8, 4) is 34.3 Å². The van der Waals surface area contributed by atoms with Gasteiger partial charge < -0.3 is 23.4 Å². The van der Waals surface area contributed by atoms with Gasteiger partial charge in [0.1, 0.15) is 11.3 Å². The molecule has 3 aromatic rings. The van der Waals surface area contributed by atoms with Crippen LogP contribution >= 0.6 is 0 Å². The highest BCUT2D eigenvalue weighted by Crippen LogP contribution is 2.37. The molecule has 160 valence electrons. The van der Waals surface area contributed by atoms with Crippen molar-refractivity contribution in [3.05, 3.63) is 46.6 Å². The first-order valence-electron chi connectivity index (χ1n) is 9.04. The van der Waals surface area contributed by atoms with E-state index in [4.69, 9.17) is 23.4 Å². The van der Waals surface area contributed by atoms with E-state index in [2.05, 4.69) is 0 Å². The van der Waals surface area contributed by atoms with Gasteiger partial charge in [0.15, 0.2) is 17.3 Å². The first-order valence-corrected chi connectivity index (χ1v) is 9.04. The third-order valence-corrected chi connectivity index (χ3v) is 4.01. The van der Waals surface area contributed by atoms with E-state index in [1.54, 1.807) is 0 Å². The molecular weight excluding hydrogens is 408 g/mol. The summed E-state index contributed by atoms with van der Waals surface area (Å²) in [5.41, 5.74) is -0.164. The summed E-state index contributed by atoms with van der Waals surface area (Å²) in [6, 6.07) is 8.63. The van der Waals surface area contributed by atoms with Gasteiger partial charge in [-0.2, -0.15) is 0 Å². The van der Waals surface area contributed by atoms with E-state index >= 15 is 0 Å². The maximum absolute atomic E-state index is 13.0. The number of rotatable bonds is 5. The molecule has 0 radical (unpaired) electrons. The Hall–Kier alpha value is -4.14. The Labute approximate surface area is 176 Å². The van der Waals surface area contributed by atoms with Gasteiger partial charge in [-0.1, -0.05) is 0 Å². The van der Waals surface area contributed by atoms with Gasteiger partial charge in [-0.25, -0.2) is 0 Å². The summed E-state index contributed by atoms with van der Waals surface area (Å²) in [4.78, 5) is 47.1. The van der Waals surface area contributed by atoms with Crippen LogP contribution in [0.1, 0.15) is 20.8 Å². The minimum absolute atomic E-state index is 0.0552. The molecule has 9 heteroatoms. The van der Waals surface area contributed by atoms with E-state index in [0.717, 1.165) is 6.92 Å². The number of benzene rings is 2. The second-order valence-electron chi connectivity index (χ2n) is 6.39. The summed E-state index contributed by atoms with van der Waals surface area (Å²) in [6.45, 7) is 3.64. The monoisotopic (exact) mass is 426 g/mol. The van der Waals surface area contributed by atoms with Crippen molar-refractivity contribution in [2.24, 2.45) is 0 Å². The number of ether oxygens (including phenoxy) is 4. The highest BCUT2D eigenvalue weighted by molar-refractivity contribution is 5.86. The van der Waals surface area contributed by atoms with Gasteiger partial charge >= 0.3 is 17.9 Å². The number of carbonyl (C=O) groups is 3. The second kappa shape index (κ2) is 8.70. The van der Waals surface area contributed by atoms with Crippen molar-refractivity contribution in [3.63, 3.8) is 0 Å². The van der Waals surface area contributed by atoms with Gasteiger partial charge in [-0.15, -0.1) is 0 Å². The average molecular weight is 426 g/mol. The van der Waals surface area contributed by atoms with E-state index in [1.807, 2.05) is 0 Å². The van der Waals surface area contributed by atoms with Crippen molar-refractivity contribution in [2.45, 2.75) is 20.8 Å². The zero-order valence-electron chi connectivity index (χ0n) is 17.1. The molecule has 3 rings (SSSR count). The summed E-state index contributed by atoms with van der Waals surface area (Å²) >= 11 is 0. The van der Waals surface area contributed by atoms with Crippen molar-refractivity contribution in [1.29, 1.82) is 0 Å². The smallest absolute Gasteiger partial charge is 0.308 e. The molecule has 0 saturated carbocycles. The Morgan fingerprint density at radius 2 is 1.48 bits per heavy atom. The van der Waals surface area contributed by atoms with Gasteiger partial charge in [0.25, 0.3) is 0 Å². The fourth-order valence-corrected chi connectivity index (χ4v) is 2.86. The molecule has 2 aromatic carbocycles. The Bertz CT molecular complexity index is 1250. The summed E-state index contributed by atoms with van der Waals surface area (Å²) in [5.74, 6) is -1.63. The van der Waals surface area contributed by atoms with Gasteiger partial charge in [0.2, 0.25) is 11.2 Å². The molecule has 0 aliphatic carbocycles. The molecule has 0 aliphatic rings. The molecule has 9 nitrogen and oxygen atoms in total. The van der Waals surface area contributed by atoms with Crippen molar-refractivity contribution in [1.82, 2.24) is 0 Å². The summed E-state index contributed by atoms with van der Waals surface area (Å²) in [5, 5.41) is 0.124. The van der Waals surface area contributed by atoms with Crippen molar-refractivity contribution in [2.75, 3.05) is 7.11 Å². The molecular formula is C22H18O9. The zero-order chi connectivity index (χ0) is 22.7. The molecule has 0 spiro atoms. The lowest BCUT2D eigenvalue weighted by Gasteiger charge is -2.13. The van der Waals surface area contributed by atoms with Crippen LogP contribution in [0.3, 0.4) is 0 Å². The highest BCUT2D eigenvalue weighted by atomic mass is 16.6. The fraction of sp³-hybridized carbons (Fsp3) is 0.182. The van der Waals surface area contributed by atoms with Crippen LogP contribution in [0.25, 0.3) is 22.3 Å². The SMILES string of the molecule is COc1cc(-c2oc3cc(OC(C)=O)ccc3c(=O)c2OC(C)=O)ccc1OC(C)=O. The minimum Gasteiger partial charge on any atom is -0.493 e. The first-order chi connectivity index (χ1) is 14.7. The van der Waals surface area contributed by atoms with Crippen LogP contribution in [-0.4, -0.2) is 25.0 Å². The molecule has 0 bridgehead atoms. The summed E-state index contributed by atoms with van der Waals surface area (Å²) < 4.78 is 26.4. The number of hydrogen-bond acceptors (Lipinski definition) is 9. The Morgan fingerprint density at radius 1 is 0.806 bits per heavy atom. The third kappa shape index (κ3) is 4.72. The molecule has 0 aliphatic heterocycles. The van der Waals surface area contributed by atoms with Crippen LogP contribution in [0.4, 0.5) is 0 Å². The van der Waals surface area contributed by atoms with Crippen LogP contribution in [0, 0.1) is 0 Å².